The second kappa shape index (κ2) is 5.30. The quantitative estimate of drug-likeness (QED) is 0.797. The number of hydrogen-bond acceptors (Lipinski definition) is 5. The molecular weight excluding hydrogens is 311 g/mol. The molecule has 2 aromatic heterocycles. The number of nitrogens with one attached hydrogen (secondary N) is 1. The minimum atomic E-state index is -4.03. The standard InChI is InChI=1S/C14H11FN2O4S/c1-9-8-13(21-16-9)12-6-7-14(20-12)22(18,19)17-11-5-3-2-4-10(11)15/h2-8,17H,1H3. The molecule has 3 rings (SSSR count). The Morgan fingerprint density at radius 3 is 2.59 bits per heavy atom. The van der Waals surface area contributed by atoms with E-state index in [4.69, 9.17) is 8.94 Å². The van der Waals surface area contributed by atoms with Gasteiger partial charge in [-0.3, -0.25) is 4.72 Å². The molecule has 2 heterocycles. The second-order valence-electron chi connectivity index (χ2n) is 4.54. The molecule has 0 fully saturated rings. The highest BCUT2D eigenvalue weighted by atomic mass is 32.2. The zero-order valence-electron chi connectivity index (χ0n) is 11.4. The van der Waals surface area contributed by atoms with E-state index < -0.39 is 15.8 Å². The maximum Gasteiger partial charge on any atom is 0.295 e. The van der Waals surface area contributed by atoms with Gasteiger partial charge in [0, 0.05) is 6.07 Å². The zero-order chi connectivity index (χ0) is 15.7. The Labute approximate surface area is 125 Å². The molecular formula is C14H11FN2O4S. The molecule has 8 heteroatoms. The first-order valence-corrected chi connectivity index (χ1v) is 7.75. The first-order chi connectivity index (χ1) is 10.5. The van der Waals surface area contributed by atoms with Crippen LogP contribution in [-0.2, 0) is 10.0 Å². The van der Waals surface area contributed by atoms with Gasteiger partial charge in [-0.05, 0) is 31.2 Å². The average Bonchev–Trinajstić information content (AvgIpc) is 3.10. The summed E-state index contributed by atoms with van der Waals surface area (Å²) >= 11 is 0. The van der Waals surface area contributed by atoms with Crippen LogP contribution in [0.5, 0.6) is 0 Å². The van der Waals surface area contributed by atoms with Crippen LogP contribution < -0.4 is 4.72 Å². The molecule has 1 N–H and O–H groups in total. The van der Waals surface area contributed by atoms with E-state index in [1.165, 1.54) is 30.3 Å². The van der Waals surface area contributed by atoms with Gasteiger partial charge in [0.15, 0.2) is 5.76 Å². The topological polar surface area (TPSA) is 85.3 Å². The summed E-state index contributed by atoms with van der Waals surface area (Å²) in [6.45, 7) is 1.73. The lowest BCUT2D eigenvalue weighted by molar-refractivity contribution is 0.398. The highest BCUT2D eigenvalue weighted by molar-refractivity contribution is 7.92. The third-order valence-electron chi connectivity index (χ3n) is 2.84. The van der Waals surface area contributed by atoms with Gasteiger partial charge >= 0.3 is 0 Å². The van der Waals surface area contributed by atoms with Crippen molar-refractivity contribution in [2.75, 3.05) is 4.72 Å². The molecule has 0 amide bonds. The lowest BCUT2D eigenvalue weighted by Gasteiger charge is -2.06. The fraction of sp³-hybridized carbons (Fsp3) is 0.0714. The predicted octanol–water partition coefficient (Wildman–Crippen LogP) is 3.18. The van der Waals surface area contributed by atoms with Crippen LogP contribution in [0.2, 0.25) is 0 Å². The van der Waals surface area contributed by atoms with Crippen molar-refractivity contribution in [3.8, 4) is 11.5 Å². The van der Waals surface area contributed by atoms with Gasteiger partial charge in [0.25, 0.3) is 10.0 Å². The number of aryl methyl sites for hydroxylation is 1. The highest BCUT2D eigenvalue weighted by Gasteiger charge is 2.21. The Morgan fingerprint density at radius 2 is 1.91 bits per heavy atom. The summed E-state index contributed by atoms with van der Waals surface area (Å²) in [5.74, 6) is -0.150. The summed E-state index contributed by atoms with van der Waals surface area (Å²) in [5.41, 5.74) is 0.483. The smallest absolute Gasteiger partial charge is 0.295 e. The molecule has 114 valence electrons. The number of aromatic nitrogens is 1. The van der Waals surface area contributed by atoms with Crippen molar-refractivity contribution in [2.45, 2.75) is 12.0 Å². The molecule has 3 aromatic rings. The molecule has 0 aliphatic rings. The highest BCUT2D eigenvalue weighted by Crippen LogP contribution is 2.26. The van der Waals surface area contributed by atoms with Crippen molar-refractivity contribution in [3.63, 3.8) is 0 Å². The molecule has 0 aliphatic carbocycles. The summed E-state index contributed by atoms with van der Waals surface area (Å²) in [6.07, 6.45) is 0. The van der Waals surface area contributed by atoms with Gasteiger partial charge in [-0.15, -0.1) is 0 Å². The van der Waals surface area contributed by atoms with Gasteiger partial charge in [-0.1, -0.05) is 17.3 Å². The number of sulfonamides is 1. The molecule has 0 aliphatic heterocycles. The largest absolute Gasteiger partial charge is 0.439 e. The molecule has 0 saturated heterocycles. The number of rotatable bonds is 4. The van der Waals surface area contributed by atoms with Gasteiger partial charge < -0.3 is 8.94 Å². The lowest BCUT2D eigenvalue weighted by atomic mass is 10.3. The molecule has 22 heavy (non-hydrogen) atoms. The van der Waals surface area contributed by atoms with Crippen LogP contribution >= 0.6 is 0 Å². The van der Waals surface area contributed by atoms with Crippen molar-refractivity contribution in [2.24, 2.45) is 0 Å². The summed E-state index contributed by atoms with van der Waals surface area (Å²) < 4.78 is 50.3. The van der Waals surface area contributed by atoms with E-state index in [0.29, 0.717) is 11.5 Å². The van der Waals surface area contributed by atoms with Gasteiger partial charge in [0.2, 0.25) is 10.9 Å². The maximum absolute atomic E-state index is 13.5. The SMILES string of the molecule is Cc1cc(-c2ccc(S(=O)(=O)Nc3ccccc3F)o2)on1. The van der Waals surface area contributed by atoms with Crippen LogP contribution in [0, 0.1) is 12.7 Å². The predicted molar refractivity (Wildman–Crippen MR) is 76.2 cm³/mol. The van der Waals surface area contributed by atoms with Crippen molar-refractivity contribution < 1.29 is 21.7 Å². The minimum absolute atomic E-state index is 0.157. The number of para-hydroxylation sites is 1. The number of halogens is 1. The summed E-state index contributed by atoms with van der Waals surface area (Å²) in [7, 11) is -4.03. The van der Waals surface area contributed by atoms with Crippen LogP contribution in [0.15, 0.2) is 56.5 Å². The van der Waals surface area contributed by atoms with Gasteiger partial charge in [-0.25, -0.2) is 4.39 Å². The monoisotopic (exact) mass is 322 g/mol. The molecule has 0 atom stereocenters. The molecule has 0 bridgehead atoms. The van der Waals surface area contributed by atoms with Crippen LogP contribution in [0.25, 0.3) is 11.5 Å². The van der Waals surface area contributed by atoms with E-state index in [-0.39, 0.29) is 16.5 Å². The van der Waals surface area contributed by atoms with Crippen molar-refractivity contribution in [3.05, 3.63) is 54.0 Å². The van der Waals surface area contributed by atoms with E-state index >= 15 is 0 Å². The number of hydrogen-bond donors (Lipinski definition) is 1. The molecule has 1 aromatic carbocycles. The number of anilines is 1. The summed E-state index contributed by atoms with van der Waals surface area (Å²) in [6, 6.07) is 9.77. The fourth-order valence-corrected chi connectivity index (χ4v) is 2.82. The number of furan rings is 1. The molecule has 0 spiro atoms. The Kier molecular flexibility index (Phi) is 3.45. The minimum Gasteiger partial charge on any atom is -0.439 e. The summed E-state index contributed by atoms with van der Waals surface area (Å²) in [4.78, 5) is 0. The third-order valence-corrected chi connectivity index (χ3v) is 4.07. The number of benzene rings is 1. The third kappa shape index (κ3) is 2.73. The Balaban J connectivity index is 1.90. The van der Waals surface area contributed by atoms with Crippen molar-refractivity contribution >= 4 is 15.7 Å². The van der Waals surface area contributed by atoms with Crippen molar-refractivity contribution in [1.82, 2.24) is 5.16 Å². The van der Waals surface area contributed by atoms with E-state index in [1.807, 2.05) is 0 Å². The van der Waals surface area contributed by atoms with Crippen LogP contribution in [-0.4, -0.2) is 13.6 Å². The molecule has 0 saturated carbocycles. The van der Waals surface area contributed by atoms with Crippen LogP contribution in [0.1, 0.15) is 5.69 Å². The van der Waals surface area contributed by atoms with Crippen LogP contribution in [0.4, 0.5) is 10.1 Å². The first kappa shape index (κ1) is 14.3. The molecule has 0 radical (unpaired) electrons. The molecule has 6 nitrogen and oxygen atoms in total. The summed E-state index contributed by atoms with van der Waals surface area (Å²) in [5, 5.41) is 3.35. The van der Waals surface area contributed by atoms with Crippen LogP contribution in [0.3, 0.4) is 0 Å². The van der Waals surface area contributed by atoms with E-state index in [2.05, 4.69) is 9.88 Å². The lowest BCUT2D eigenvalue weighted by Crippen LogP contribution is -2.13. The van der Waals surface area contributed by atoms with Gasteiger partial charge in [0.05, 0.1) is 11.4 Å². The second-order valence-corrected chi connectivity index (χ2v) is 6.15. The fourth-order valence-electron chi connectivity index (χ4n) is 1.82. The first-order valence-electron chi connectivity index (χ1n) is 6.26. The Hall–Kier alpha value is -2.61. The Morgan fingerprint density at radius 1 is 1.14 bits per heavy atom. The van der Waals surface area contributed by atoms with E-state index in [0.717, 1.165) is 6.07 Å². The molecule has 0 unspecified atom stereocenters. The van der Waals surface area contributed by atoms with E-state index in [9.17, 15) is 12.8 Å². The maximum atomic E-state index is 13.5. The normalized spacial score (nSPS) is 11.5. The average molecular weight is 322 g/mol. The van der Waals surface area contributed by atoms with Crippen molar-refractivity contribution in [1.29, 1.82) is 0 Å². The zero-order valence-corrected chi connectivity index (χ0v) is 12.2. The van der Waals surface area contributed by atoms with Gasteiger partial charge in [0.1, 0.15) is 5.82 Å². The van der Waals surface area contributed by atoms with E-state index in [1.54, 1.807) is 13.0 Å². The van der Waals surface area contributed by atoms with Gasteiger partial charge in [-0.2, -0.15) is 8.42 Å². The Bertz CT molecular complexity index is 914. The number of nitrogens with zero attached hydrogens (tertiary/aromatic N) is 1.